The molecule has 1 aliphatic rings. The molecule has 3 nitrogen and oxygen atoms in total. The number of aliphatic hydroxyl groups is 1. The molecule has 1 aliphatic heterocycles. The summed E-state index contributed by atoms with van der Waals surface area (Å²) in [6.45, 7) is 21.7. The van der Waals surface area contributed by atoms with Crippen LogP contribution in [0.15, 0.2) is 82.4 Å². The fourth-order valence-corrected chi connectivity index (χ4v) is 8.46. The van der Waals surface area contributed by atoms with Gasteiger partial charge in [0.05, 0.1) is 8.50 Å². The third kappa shape index (κ3) is 9.16. The van der Waals surface area contributed by atoms with E-state index < -0.39 is 0 Å². The first-order valence-electron chi connectivity index (χ1n) is 19.5. The normalized spacial score (nSPS) is 13.5. The van der Waals surface area contributed by atoms with Crippen LogP contribution in [-0.2, 0) is 37.7 Å². The zero-order valence-electron chi connectivity index (χ0n) is 34.1. The van der Waals surface area contributed by atoms with E-state index >= 15 is 0 Å². The summed E-state index contributed by atoms with van der Waals surface area (Å²) in [6.07, 6.45) is 6.81. The fourth-order valence-electron chi connectivity index (χ4n) is 7.20. The second kappa shape index (κ2) is 16.8. The minimum Gasteiger partial charge on any atom is -0.512 e. The minimum absolute atomic E-state index is 0. The van der Waals surface area contributed by atoms with E-state index in [2.05, 4.69) is 96.1 Å². The van der Waals surface area contributed by atoms with Gasteiger partial charge in [-0.15, -0.1) is 29.3 Å². The summed E-state index contributed by atoms with van der Waals surface area (Å²) in [5.74, 6) is 0.547. The van der Waals surface area contributed by atoms with Crippen LogP contribution in [0.4, 0.5) is 0 Å². The molecule has 0 saturated heterocycles. The summed E-state index contributed by atoms with van der Waals surface area (Å²) in [6, 6.07) is 21.1. The van der Waals surface area contributed by atoms with Crippen LogP contribution in [0, 0.1) is 28.7 Å². The van der Waals surface area contributed by atoms with E-state index in [4.69, 9.17) is 7.73 Å². The van der Waals surface area contributed by atoms with Crippen molar-refractivity contribution in [1.29, 1.82) is 0 Å². The van der Waals surface area contributed by atoms with E-state index in [1.165, 1.54) is 32.9 Å². The molecule has 1 N–H and O–H groups in total. The molecular formula is C46H56IrNO2S-. The van der Waals surface area contributed by atoms with Gasteiger partial charge in [-0.25, -0.2) is 0 Å². The van der Waals surface area contributed by atoms with E-state index in [0.717, 1.165) is 76.2 Å². The molecule has 0 fully saturated rings. The standard InChI is InChI=1S/C33H32NS.C13H24O2.Ir/c1-32(2,3)18-21-11-9-13-23-24-14-15-34-30-26-16-20-10-7-8-12-22(20)27(19-33(4,5)6)31(26)35-28(29(24)30)17-25(21)23;1-5-10(6-2)12(14)9-13(15)11(7-3)8-4;/h7-15,17H,18-19H2,1-6H3;9-11,14H,5-8H2,1-4H3;/q-1;;/b;12-9-;/i14D,15D;;. The number of carbonyl (C=O) groups excluding carboxylic acids is 1. The number of aromatic nitrogens is 1. The molecule has 0 atom stereocenters. The van der Waals surface area contributed by atoms with Crippen molar-refractivity contribution in [2.75, 3.05) is 0 Å². The fraction of sp³-hybridized carbons (Fsp3) is 0.435. The van der Waals surface area contributed by atoms with Crippen molar-refractivity contribution >= 4 is 49.9 Å². The van der Waals surface area contributed by atoms with Gasteiger partial charge in [-0.1, -0.05) is 122 Å². The van der Waals surface area contributed by atoms with Crippen molar-refractivity contribution in [3.63, 3.8) is 0 Å². The first kappa shape index (κ1) is 37.8. The number of nitrogens with zero attached hydrogens (tertiary/aromatic N) is 1. The molecule has 0 spiro atoms. The molecule has 0 amide bonds. The second-order valence-electron chi connectivity index (χ2n) is 16.3. The Morgan fingerprint density at radius 1 is 0.863 bits per heavy atom. The number of ketones is 1. The predicted octanol–water partition coefficient (Wildman–Crippen LogP) is 13.5. The third-order valence-corrected chi connectivity index (χ3v) is 11.0. The van der Waals surface area contributed by atoms with Gasteiger partial charge in [0.25, 0.3) is 0 Å². The number of fused-ring (bicyclic) bond motifs is 5. The Labute approximate surface area is 327 Å². The van der Waals surface area contributed by atoms with Crippen LogP contribution in [-0.4, -0.2) is 15.9 Å². The van der Waals surface area contributed by atoms with E-state index in [1.807, 2.05) is 27.7 Å². The van der Waals surface area contributed by atoms with Crippen LogP contribution < -0.4 is 0 Å². The summed E-state index contributed by atoms with van der Waals surface area (Å²) in [4.78, 5) is 18.8. The van der Waals surface area contributed by atoms with Gasteiger partial charge in [0.15, 0.2) is 5.78 Å². The Morgan fingerprint density at radius 2 is 1.49 bits per heavy atom. The number of rotatable bonds is 9. The Morgan fingerprint density at radius 3 is 2.12 bits per heavy atom. The number of carbonyl (C=O) groups is 1. The molecule has 6 rings (SSSR count). The third-order valence-electron chi connectivity index (χ3n) is 9.79. The van der Waals surface area contributed by atoms with Gasteiger partial charge in [0.2, 0.25) is 0 Å². The summed E-state index contributed by atoms with van der Waals surface area (Å²) < 4.78 is 17.6. The molecule has 1 radical (unpaired) electrons. The zero-order chi connectivity index (χ0) is 38.1. The summed E-state index contributed by atoms with van der Waals surface area (Å²) in [7, 11) is 0. The van der Waals surface area contributed by atoms with Gasteiger partial charge in [-0.3, -0.25) is 9.78 Å². The molecule has 5 aromatic rings. The maximum atomic E-state index is 11.7. The SMILES string of the molecule is CCC(CC)C(=O)/C=C(\O)C(CC)CC.[2H]c1nc2c3c(cc4c(CC(C)(C)C)cccc4c3c1[2H])Sc1c-2[c-]c2ccccc2c1CC(C)(C)C.[Ir]. The smallest absolute Gasteiger partial charge is 0.162 e. The largest absolute Gasteiger partial charge is 0.512 e. The summed E-state index contributed by atoms with van der Waals surface area (Å²) in [5.41, 5.74) is 4.63. The van der Waals surface area contributed by atoms with Crippen LogP contribution in [0.25, 0.3) is 43.6 Å². The van der Waals surface area contributed by atoms with Gasteiger partial charge in [-0.05, 0) is 93.5 Å². The molecule has 1 aromatic heterocycles. The molecule has 2 heterocycles. The summed E-state index contributed by atoms with van der Waals surface area (Å²) >= 11 is 1.80. The molecular weight excluding hydrogens is 823 g/mol. The Kier molecular flexibility index (Phi) is 12.4. The zero-order valence-corrected chi connectivity index (χ0v) is 35.3. The van der Waals surface area contributed by atoms with E-state index in [9.17, 15) is 9.90 Å². The molecule has 51 heavy (non-hydrogen) atoms. The van der Waals surface area contributed by atoms with Gasteiger partial charge in [0, 0.05) is 54.8 Å². The van der Waals surface area contributed by atoms with Crippen LogP contribution in [0.1, 0.15) is 109 Å². The number of pyridine rings is 1. The maximum absolute atomic E-state index is 11.7. The van der Waals surface area contributed by atoms with Crippen LogP contribution in [0.2, 0.25) is 0 Å². The maximum Gasteiger partial charge on any atom is 0.162 e. The number of hydrogen-bond donors (Lipinski definition) is 1. The Balaban J connectivity index is 0.000000335. The van der Waals surface area contributed by atoms with Crippen molar-refractivity contribution in [3.05, 3.63) is 89.8 Å². The number of hydrogen-bond acceptors (Lipinski definition) is 4. The van der Waals surface area contributed by atoms with Gasteiger partial charge >= 0.3 is 0 Å². The van der Waals surface area contributed by atoms with E-state index in [1.54, 1.807) is 11.8 Å². The monoisotopic (exact) mass is 881 g/mol. The van der Waals surface area contributed by atoms with Crippen molar-refractivity contribution in [3.8, 4) is 11.3 Å². The molecule has 5 heteroatoms. The van der Waals surface area contributed by atoms with Gasteiger partial charge in [-0.2, -0.15) is 0 Å². The van der Waals surface area contributed by atoms with Crippen LogP contribution in [0.3, 0.4) is 0 Å². The molecule has 0 aliphatic carbocycles. The van der Waals surface area contributed by atoms with Crippen molar-refractivity contribution in [2.45, 2.75) is 118 Å². The summed E-state index contributed by atoms with van der Waals surface area (Å²) in [5, 5.41) is 16.1. The van der Waals surface area contributed by atoms with Crippen molar-refractivity contribution < 1.29 is 32.7 Å². The Bertz CT molecular complexity index is 2150. The molecule has 0 unspecified atom stereocenters. The average Bonchev–Trinajstić information content (AvgIpc) is 3.07. The minimum atomic E-state index is 0. The molecule has 273 valence electrons. The van der Waals surface area contributed by atoms with Crippen LogP contribution in [0.5, 0.6) is 0 Å². The molecule has 0 saturated carbocycles. The number of aliphatic hydroxyl groups excluding tert-OH is 1. The van der Waals surface area contributed by atoms with Gasteiger partial charge in [0.1, 0.15) is 0 Å². The van der Waals surface area contributed by atoms with Gasteiger partial charge < -0.3 is 5.11 Å². The van der Waals surface area contributed by atoms with E-state index in [-0.39, 0.29) is 66.5 Å². The predicted molar refractivity (Wildman–Crippen MR) is 215 cm³/mol. The number of allylic oxidation sites excluding steroid dienone is 2. The quantitative estimate of drug-likeness (QED) is 0.0680. The second-order valence-corrected chi connectivity index (χ2v) is 17.3. The first-order valence-corrected chi connectivity index (χ1v) is 19.3. The van der Waals surface area contributed by atoms with E-state index in [0.29, 0.717) is 0 Å². The molecule has 0 bridgehead atoms. The van der Waals surface area contributed by atoms with Crippen molar-refractivity contribution in [1.82, 2.24) is 4.98 Å². The average molecular weight is 881 g/mol. The topological polar surface area (TPSA) is 50.2 Å². The van der Waals surface area contributed by atoms with Crippen molar-refractivity contribution in [2.24, 2.45) is 22.7 Å². The first-order chi connectivity index (χ1) is 24.5. The Hall–Kier alpha value is -2.98. The van der Waals surface area contributed by atoms with Crippen LogP contribution >= 0.6 is 11.8 Å². The molecule has 4 aromatic carbocycles. The number of benzene rings is 4.